The summed E-state index contributed by atoms with van der Waals surface area (Å²) < 4.78 is 11.9. The third-order valence-electron chi connectivity index (χ3n) is 7.20. The maximum Gasteiger partial charge on any atom is 0.407 e. The van der Waals surface area contributed by atoms with Gasteiger partial charge in [-0.25, -0.2) is 4.79 Å². The summed E-state index contributed by atoms with van der Waals surface area (Å²) in [6.45, 7) is 6.70. The predicted molar refractivity (Wildman–Crippen MR) is 153 cm³/mol. The number of esters is 1. The van der Waals surface area contributed by atoms with E-state index in [1.807, 2.05) is 36.4 Å². The minimum absolute atomic E-state index is 0.00102. The van der Waals surface area contributed by atoms with E-state index in [0.717, 1.165) is 16.3 Å². The lowest BCUT2D eigenvalue weighted by Crippen LogP contribution is -2.56. The fourth-order valence-corrected chi connectivity index (χ4v) is 5.26. The molecule has 9 nitrogen and oxygen atoms in total. The third-order valence-corrected chi connectivity index (χ3v) is 7.51. The number of hydrogen-bond acceptors (Lipinski definition) is 6. The first-order chi connectivity index (χ1) is 19.0. The Morgan fingerprint density at radius 1 is 1.12 bits per heavy atom. The van der Waals surface area contributed by atoms with Crippen LogP contribution in [0.15, 0.2) is 48.5 Å². The minimum atomic E-state index is -0.971. The SMILES string of the molecule is CC(C)(C)C(=O)Oc1cc(-c2cc3c(cc2Cl)N(CC2CN(C(=O)O)C2)C(=O)[C@H](CCN)O3)c2ccccc2c1. The first-order valence-corrected chi connectivity index (χ1v) is 13.6. The highest BCUT2D eigenvalue weighted by Crippen LogP contribution is 2.45. The van der Waals surface area contributed by atoms with Gasteiger partial charge in [-0.1, -0.05) is 35.9 Å². The summed E-state index contributed by atoms with van der Waals surface area (Å²) in [5.74, 6) is 0.296. The number of nitrogens with two attached hydrogens (primary N) is 1. The Kier molecular flexibility index (Phi) is 7.37. The number of likely N-dealkylation sites (tertiary alicyclic amines) is 1. The largest absolute Gasteiger partial charge is 0.478 e. The molecule has 3 aromatic carbocycles. The van der Waals surface area contributed by atoms with Crippen LogP contribution in [0, 0.1) is 11.3 Å². The molecule has 1 atom stereocenters. The molecule has 0 spiro atoms. The van der Waals surface area contributed by atoms with Crippen molar-refractivity contribution < 1.29 is 29.0 Å². The smallest absolute Gasteiger partial charge is 0.407 e. The van der Waals surface area contributed by atoms with Crippen LogP contribution in [0.2, 0.25) is 5.02 Å². The van der Waals surface area contributed by atoms with E-state index in [1.54, 1.807) is 37.8 Å². The number of carboxylic acid groups (broad SMARTS) is 1. The summed E-state index contributed by atoms with van der Waals surface area (Å²) in [5, 5.41) is 11.4. The van der Waals surface area contributed by atoms with Crippen molar-refractivity contribution in [1.82, 2.24) is 4.90 Å². The maximum absolute atomic E-state index is 13.4. The normalized spacial score (nSPS) is 17.3. The van der Waals surface area contributed by atoms with Gasteiger partial charge in [-0.05, 0) is 67.9 Å². The number of nitrogens with zero attached hydrogens (tertiary/aromatic N) is 2. The van der Waals surface area contributed by atoms with Crippen LogP contribution in [0.25, 0.3) is 21.9 Å². The number of fused-ring (bicyclic) bond motifs is 2. The second-order valence-electron chi connectivity index (χ2n) is 11.3. The molecule has 3 N–H and O–H groups in total. The summed E-state index contributed by atoms with van der Waals surface area (Å²) in [4.78, 5) is 40.2. The molecule has 5 rings (SSSR count). The second-order valence-corrected chi connectivity index (χ2v) is 11.7. The molecule has 3 aromatic rings. The van der Waals surface area contributed by atoms with E-state index in [9.17, 15) is 19.5 Å². The average Bonchev–Trinajstić information content (AvgIpc) is 2.86. The highest BCUT2D eigenvalue weighted by molar-refractivity contribution is 6.34. The zero-order valence-electron chi connectivity index (χ0n) is 22.6. The van der Waals surface area contributed by atoms with Crippen LogP contribution in [-0.2, 0) is 9.59 Å². The van der Waals surface area contributed by atoms with Crippen molar-refractivity contribution in [2.24, 2.45) is 17.1 Å². The van der Waals surface area contributed by atoms with E-state index in [2.05, 4.69) is 0 Å². The monoisotopic (exact) mass is 565 g/mol. The Morgan fingerprint density at radius 2 is 1.85 bits per heavy atom. The van der Waals surface area contributed by atoms with Crippen molar-refractivity contribution in [3.8, 4) is 22.6 Å². The van der Waals surface area contributed by atoms with Crippen molar-refractivity contribution in [1.29, 1.82) is 0 Å². The second kappa shape index (κ2) is 10.6. The lowest BCUT2D eigenvalue weighted by Gasteiger charge is -2.42. The molecule has 0 saturated carbocycles. The van der Waals surface area contributed by atoms with E-state index in [4.69, 9.17) is 26.8 Å². The molecule has 40 heavy (non-hydrogen) atoms. The molecule has 2 heterocycles. The fraction of sp³-hybridized carbons (Fsp3) is 0.367. The number of amides is 2. The standard InChI is InChI=1S/C30H32ClN3O6/c1-30(2,3)28(36)39-19-10-18-6-4-5-7-20(18)21(11-19)22-12-26-24(13-23(22)31)34(27(35)25(40-26)8-9-32)16-17-14-33(15-17)29(37)38/h4-7,10-13,17,25H,8-9,14-16,32H2,1-3H3,(H,37,38)/t25-/m0/s1. The molecule has 210 valence electrons. The molecular weight excluding hydrogens is 534 g/mol. The summed E-state index contributed by atoms with van der Waals surface area (Å²) in [6, 6.07) is 14.9. The summed E-state index contributed by atoms with van der Waals surface area (Å²) >= 11 is 6.88. The molecule has 1 fully saturated rings. The third kappa shape index (κ3) is 5.31. The Morgan fingerprint density at radius 3 is 2.52 bits per heavy atom. The molecule has 10 heteroatoms. The van der Waals surface area contributed by atoms with Gasteiger partial charge in [0.2, 0.25) is 0 Å². The first-order valence-electron chi connectivity index (χ1n) is 13.2. The van der Waals surface area contributed by atoms with E-state index in [0.29, 0.717) is 53.8 Å². The van der Waals surface area contributed by atoms with Crippen molar-refractivity contribution in [3.05, 3.63) is 53.6 Å². The van der Waals surface area contributed by atoms with Gasteiger partial charge in [-0.3, -0.25) is 9.59 Å². The average molecular weight is 566 g/mol. The number of rotatable bonds is 6. The molecule has 0 radical (unpaired) electrons. The number of benzene rings is 3. The topological polar surface area (TPSA) is 122 Å². The van der Waals surface area contributed by atoms with Gasteiger partial charge in [0.05, 0.1) is 16.1 Å². The maximum atomic E-state index is 13.4. The molecule has 0 unspecified atom stereocenters. The summed E-state index contributed by atoms with van der Waals surface area (Å²) in [5.41, 5.74) is 7.04. The van der Waals surface area contributed by atoms with Crippen LogP contribution in [0.5, 0.6) is 11.5 Å². The lowest BCUT2D eigenvalue weighted by molar-refractivity contribution is -0.143. The number of anilines is 1. The Bertz CT molecular complexity index is 1490. The van der Waals surface area contributed by atoms with Crippen LogP contribution < -0.4 is 20.1 Å². The van der Waals surface area contributed by atoms with Gasteiger partial charge in [0.25, 0.3) is 5.91 Å². The number of carbonyl (C=O) groups is 3. The van der Waals surface area contributed by atoms with Gasteiger partial charge < -0.3 is 30.1 Å². The van der Waals surface area contributed by atoms with Crippen molar-refractivity contribution >= 4 is 46.0 Å². The number of ether oxygens (including phenoxy) is 2. The fourth-order valence-electron chi connectivity index (χ4n) is 5.00. The summed E-state index contributed by atoms with van der Waals surface area (Å²) in [7, 11) is 0. The Hall–Kier alpha value is -3.82. The van der Waals surface area contributed by atoms with Gasteiger partial charge in [0.1, 0.15) is 11.5 Å². The molecule has 2 aliphatic heterocycles. The number of hydrogen-bond donors (Lipinski definition) is 2. The van der Waals surface area contributed by atoms with E-state index in [-0.39, 0.29) is 24.3 Å². The molecule has 2 aliphatic rings. The van der Waals surface area contributed by atoms with Crippen molar-refractivity contribution in [3.63, 3.8) is 0 Å². The highest BCUT2D eigenvalue weighted by Gasteiger charge is 2.39. The highest BCUT2D eigenvalue weighted by atomic mass is 35.5. The first kappa shape index (κ1) is 27.7. The molecular formula is C30H32ClN3O6. The van der Waals surface area contributed by atoms with Gasteiger partial charge >= 0.3 is 12.1 Å². The minimum Gasteiger partial charge on any atom is -0.478 e. The molecule has 0 bridgehead atoms. The molecule has 0 aliphatic carbocycles. The Labute approximate surface area is 237 Å². The molecule has 1 saturated heterocycles. The van der Waals surface area contributed by atoms with Crippen LogP contribution >= 0.6 is 11.6 Å². The van der Waals surface area contributed by atoms with E-state index < -0.39 is 17.6 Å². The zero-order valence-corrected chi connectivity index (χ0v) is 23.4. The number of carbonyl (C=O) groups excluding carboxylic acids is 2. The van der Waals surface area contributed by atoms with Gasteiger partial charge in [-0.15, -0.1) is 0 Å². The van der Waals surface area contributed by atoms with Gasteiger partial charge in [0, 0.05) is 37.5 Å². The number of halogens is 1. The lowest BCUT2D eigenvalue weighted by atomic mass is 9.95. The van der Waals surface area contributed by atoms with Gasteiger partial charge in [-0.2, -0.15) is 0 Å². The Balaban J connectivity index is 1.57. The zero-order chi connectivity index (χ0) is 28.8. The van der Waals surface area contributed by atoms with Gasteiger partial charge in [0.15, 0.2) is 6.10 Å². The van der Waals surface area contributed by atoms with Crippen LogP contribution in [0.1, 0.15) is 27.2 Å². The molecule has 0 aromatic heterocycles. The molecule has 2 amide bonds. The van der Waals surface area contributed by atoms with E-state index in [1.165, 1.54) is 4.90 Å². The van der Waals surface area contributed by atoms with Crippen LogP contribution in [0.4, 0.5) is 10.5 Å². The quantitative estimate of drug-likeness (QED) is 0.312. The van der Waals surface area contributed by atoms with E-state index >= 15 is 0 Å². The van der Waals surface area contributed by atoms with Crippen LogP contribution in [-0.4, -0.2) is 60.3 Å². The van der Waals surface area contributed by atoms with Crippen molar-refractivity contribution in [2.75, 3.05) is 31.1 Å². The van der Waals surface area contributed by atoms with Crippen molar-refractivity contribution in [2.45, 2.75) is 33.3 Å². The summed E-state index contributed by atoms with van der Waals surface area (Å²) in [6.07, 6.45) is -1.40. The predicted octanol–water partition coefficient (Wildman–Crippen LogP) is 5.16. The van der Waals surface area contributed by atoms with Crippen LogP contribution in [0.3, 0.4) is 0 Å².